The first-order valence-electron chi connectivity index (χ1n) is 6.28. The second kappa shape index (κ2) is 9.98. The third kappa shape index (κ3) is 8.44. The Bertz CT molecular complexity index is 170. The van der Waals surface area contributed by atoms with E-state index in [-0.39, 0.29) is 6.04 Å². The Kier molecular flexibility index (Phi) is 9.62. The molecule has 0 bridgehead atoms. The van der Waals surface area contributed by atoms with Crippen LogP contribution in [0.15, 0.2) is 0 Å². The van der Waals surface area contributed by atoms with Crippen LogP contribution in [-0.2, 0) is 0 Å². The van der Waals surface area contributed by atoms with E-state index in [0.717, 1.165) is 6.42 Å². The number of hydrogen-bond acceptors (Lipinski definition) is 2. The molecule has 0 aliphatic carbocycles. The fourth-order valence-electron chi connectivity index (χ4n) is 1.73. The molecule has 0 aromatic carbocycles. The predicted molar refractivity (Wildman–Crippen MR) is 65.7 cm³/mol. The quantitative estimate of drug-likeness (QED) is 0.544. The van der Waals surface area contributed by atoms with E-state index in [2.05, 4.69) is 13.0 Å². The van der Waals surface area contributed by atoms with Crippen molar-refractivity contribution in [3.63, 3.8) is 0 Å². The van der Waals surface area contributed by atoms with Crippen LogP contribution in [0.4, 0.5) is 0 Å². The number of unbranched alkanes of at least 4 members (excludes halogenated alkanes) is 6. The number of nitriles is 1. The molecule has 0 fully saturated rings. The minimum absolute atomic E-state index is 0.112. The number of rotatable bonds is 9. The summed E-state index contributed by atoms with van der Waals surface area (Å²) in [5.74, 6) is 0. The Morgan fingerprint density at radius 1 is 1.00 bits per heavy atom. The molecule has 0 rings (SSSR count). The SMILES string of the molecule is CCCCCCCCCC(C#N)N(C)C. The molecule has 0 spiro atoms. The van der Waals surface area contributed by atoms with Crippen molar-refractivity contribution in [2.45, 2.75) is 64.3 Å². The van der Waals surface area contributed by atoms with Gasteiger partial charge in [0, 0.05) is 0 Å². The topological polar surface area (TPSA) is 27.0 Å². The van der Waals surface area contributed by atoms with Gasteiger partial charge in [-0.1, -0.05) is 51.9 Å². The zero-order chi connectivity index (χ0) is 11.5. The van der Waals surface area contributed by atoms with Gasteiger partial charge in [0.1, 0.15) is 0 Å². The number of hydrogen-bond donors (Lipinski definition) is 0. The number of nitrogens with zero attached hydrogens (tertiary/aromatic N) is 2. The normalized spacial score (nSPS) is 12.7. The fourth-order valence-corrected chi connectivity index (χ4v) is 1.73. The molecular weight excluding hydrogens is 184 g/mol. The lowest BCUT2D eigenvalue weighted by atomic mass is 10.1. The molecule has 0 N–H and O–H groups in total. The average molecular weight is 210 g/mol. The van der Waals surface area contributed by atoms with Gasteiger partial charge in [0.2, 0.25) is 0 Å². The van der Waals surface area contributed by atoms with Crippen LogP contribution in [0.1, 0.15) is 58.3 Å². The Labute approximate surface area is 95.3 Å². The third-order valence-electron chi connectivity index (χ3n) is 2.85. The summed E-state index contributed by atoms with van der Waals surface area (Å²) in [5, 5.41) is 8.88. The van der Waals surface area contributed by atoms with Crippen molar-refractivity contribution in [1.82, 2.24) is 4.90 Å². The van der Waals surface area contributed by atoms with Crippen LogP contribution in [0.3, 0.4) is 0 Å². The van der Waals surface area contributed by atoms with Crippen LogP contribution in [0.25, 0.3) is 0 Å². The van der Waals surface area contributed by atoms with Crippen LogP contribution < -0.4 is 0 Å². The molecule has 0 radical (unpaired) electrons. The molecule has 0 aliphatic rings. The maximum Gasteiger partial charge on any atom is 0.0972 e. The van der Waals surface area contributed by atoms with Crippen molar-refractivity contribution in [2.24, 2.45) is 0 Å². The maximum absolute atomic E-state index is 8.88. The molecule has 0 saturated carbocycles. The molecule has 0 saturated heterocycles. The monoisotopic (exact) mass is 210 g/mol. The summed E-state index contributed by atoms with van der Waals surface area (Å²) in [5.41, 5.74) is 0. The summed E-state index contributed by atoms with van der Waals surface area (Å²) in [4.78, 5) is 2.01. The molecule has 2 heteroatoms. The van der Waals surface area contributed by atoms with Crippen LogP contribution in [0, 0.1) is 11.3 Å². The van der Waals surface area contributed by atoms with E-state index in [0.29, 0.717) is 0 Å². The summed E-state index contributed by atoms with van der Waals surface area (Å²) in [6.45, 7) is 2.24. The molecule has 1 atom stereocenters. The van der Waals surface area contributed by atoms with Crippen molar-refractivity contribution >= 4 is 0 Å². The summed E-state index contributed by atoms with van der Waals surface area (Å²) >= 11 is 0. The highest BCUT2D eigenvalue weighted by atomic mass is 15.1. The lowest BCUT2D eigenvalue weighted by Gasteiger charge is -2.16. The van der Waals surface area contributed by atoms with Gasteiger partial charge in [0.25, 0.3) is 0 Å². The van der Waals surface area contributed by atoms with Gasteiger partial charge in [-0.15, -0.1) is 0 Å². The first kappa shape index (κ1) is 14.5. The predicted octanol–water partition coefficient (Wildman–Crippen LogP) is 3.58. The van der Waals surface area contributed by atoms with E-state index in [1.165, 1.54) is 44.9 Å². The van der Waals surface area contributed by atoms with Gasteiger partial charge in [-0.2, -0.15) is 5.26 Å². The van der Waals surface area contributed by atoms with Crippen molar-refractivity contribution in [2.75, 3.05) is 14.1 Å². The first-order valence-corrected chi connectivity index (χ1v) is 6.28. The third-order valence-corrected chi connectivity index (χ3v) is 2.85. The van der Waals surface area contributed by atoms with E-state index in [1.54, 1.807) is 0 Å². The lowest BCUT2D eigenvalue weighted by molar-refractivity contribution is 0.326. The van der Waals surface area contributed by atoms with Gasteiger partial charge in [-0.05, 0) is 20.5 Å². The maximum atomic E-state index is 8.88. The fraction of sp³-hybridized carbons (Fsp3) is 0.923. The standard InChI is InChI=1S/C13H26N2/c1-4-5-6-7-8-9-10-11-13(12-14)15(2)3/h13H,4-11H2,1-3H3. The van der Waals surface area contributed by atoms with Gasteiger partial charge in [0.15, 0.2) is 0 Å². The highest BCUT2D eigenvalue weighted by Gasteiger charge is 2.08. The van der Waals surface area contributed by atoms with Crippen LogP contribution in [-0.4, -0.2) is 25.0 Å². The molecule has 2 nitrogen and oxygen atoms in total. The molecule has 0 aromatic rings. The summed E-state index contributed by atoms with van der Waals surface area (Å²) in [7, 11) is 3.96. The van der Waals surface area contributed by atoms with Gasteiger partial charge >= 0.3 is 0 Å². The minimum Gasteiger partial charge on any atom is -0.294 e. The first-order chi connectivity index (χ1) is 7.22. The van der Waals surface area contributed by atoms with E-state index in [4.69, 9.17) is 5.26 Å². The molecule has 0 amide bonds. The lowest BCUT2D eigenvalue weighted by Crippen LogP contribution is -2.25. The minimum atomic E-state index is 0.112. The Hall–Kier alpha value is -0.550. The van der Waals surface area contributed by atoms with Crippen LogP contribution in [0.5, 0.6) is 0 Å². The summed E-state index contributed by atoms with van der Waals surface area (Å²) in [6, 6.07) is 2.45. The Morgan fingerprint density at radius 2 is 1.53 bits per heavy atom. The Morgan fingerprint density at radius 3 is 2.00 bits per heavy atom. The second-order valence-corrected chi connectivity index (χ2v) is 4.52. The molecule has 15 heavy (non-hydrogen) atoms. The second-order valence-electron chi connectivity index (χ2n) is 4.52. The largest absolute Gasteiger partial charge is 0.294 e. The van der Waals surface area contributed by atoms with Crippen molar-refractivity contribution in [3.8, 4) is 6.07 Å². The Balaban J connectivity index is 3.27. The van der Waals surface area contributed by atoms with E-state index in [9.17, 15) is 0 Å². The van der Waals surface area contributed by atoms with Crippen molar-refractivity contribution < 1.29 is 0 Å². The molecule has 1 unspecified atom stereocenters. The van der Waals surface area contributed by atoms with Crippen LogP contribution in [0.2, 0.25) is 0 Å². The zero-order valence-corrected chi connectivity index (χ0v) is 10.6. The van der Waals surface area contributed by atoms with E-state index < -0.39 is 0 Å². The molecule has 88 valence electrons. The van der Waals surface area contributed by atoms with Crippen molar-refractivity contribution in [3.05, 3.63) is 0 Å². The van der Waals surface area contributed by atoms with Crippen LogP contribution >= 0.6 is 0 Å². The van der Waals surface area contributed by atoms with Gasteiger partial charge in [-0.25, -0.2) is 0 Å². The smallest absolute Gasteiger partial charge is 0.0972 e. The van der Waals surface area contributed by atoms with E-state index in [1.807, 2.05) is 19.0 Å². The molecular formula is C13H26N2. The summed E-state index contributed by atoms with van der Waals surface area (Å²) in [6.07, 6.45) is 10.3. The zero-order valence-electron chi connectivity index (χ0n) is 10.6. The van der Waals surface area contributed by atoms with Gasteiger partial charge in [0.05, 0.1) is 12.1 Å². The summed E-state index contributed by atoms with van der Waals surface area (Å²) < 4.78 is 0. The highest BCUT2D eigenvalue weighted by Crippen LogP contribution is 2.10. The van der Waals surface area contributed by atoms with E-state index >= 15 is 0 Å². The highest BCUT2D eigenvalue weighted by molar-refractivity contribution is 4.88. The average Bonchev–Trinajstić information content (AvgIpc) is 2.21. The molecule has 0 heterocycles. The van der Waals surface area contributed by atoms with Crippen molar-refractivity contribution in [1.29, 1.82) is 5.26 Å². The van der Waals surface area contributed by atoms with Gasteiger partial charge < -0.3 is 0 Å². The van der Waals surface area contributed by atoms with Gasteiger partial charge in [-0.3, -0.25) is 4.90 Å². The molecule has 0 aliphatic heterocycles. The molecule has 0 aromatic heterocycles.